The molecule has 0 atom stereocenters. The van der Waals surface area contributed by atoms with Gasteiger partial charge < -0.3 is 0 Å². The Kier molecular flexibility index (Phi) is 3.98. The van der Waals surface area contributed by atoms with Gasteiger partial charge in [-0.2, -0.15) is 5.10 Å². The lowest BCUT2D eigenvalue weighted by Gasteiger charge is -2.25. The summed E-state index contributed by atoms with van der Waals surface area (Å²) in [6.07, 6.45) is 0. The van der Waals surface area contributed by atoms with Gasteiger partial charge in [-0.25, -0.2) is 0 Å². The van der Waals surface area contributed by atoms with Crippen molar-refractivity contribution in [1.82, 2.24) is 15.2 Å². The zero-order chi connectivity index (χ0) is 11.5. The third-order valence-electron chi connectivity index (χ3n) is 3.24. The molecule has 1 aromatic heterocycles. The minimum Gasteiger partial charge on any atom is -0.297 e. The van der Waals surface area contributed by atoms with E-state index in [2.05, 4.69) is 36.0 Å². The van der Waals surface area contributed by atoms with Crippen molar-refractivity contribution in [3.63, 3.8) is 0 Å². The minimum absolute atomic E-state index is 0.101. The molecule has 0 aliphatic rings. The lowest BCUT2D eigenvalue weighted by molar-refractivity contribution is 0.938. The second kappa shape index (κ2) is 4.85. The highest BCUT2D eigenvalue weighted by atomic mass is 32.1. The van der Waals surface area contributed by atoms with E-state index in [4.69, 9.17) is 12.2 Å². The average molecular weight is 243 g/mol. The molecule has 0 saturated carbocycles. The summed E-state index contributed by atoms with van der Waals surface area (Å²) in [6, 6.07) is 3.13. The Hall–Kier alpha value is -0.753. The highest BCUT2D eigenvalue weighted by Gasteiger charge is 2.33. The van der Waals surface area contributed by atoms with Crippen LogP contribution in [0.1, 0.15) is 20.8 Å². The Morgan fingerprint density at radius 2 is 1.80 bits per heavy atom. The number of hydrogen-bond donors (Lipinski definition) is 2. The summed E-state index contributed by atoms with van der Waals surface area (Å²) < 4.78 is 0.301. The normalized spacial score (nSPS) is 11.7. The number of rotatable bonds is 4. The molecule has 15 heavy (non-hydrogen) atoms. The SMILES string of the molecule is CC[Si](CC)(CC)c1n[nH]c(=S)[nH]c1=O. The van der Waals surface area contributed by atoms with Gasteiger partial charge in [-0.05, 0) is 12.2 Å². The predicted octanol–water partition coefficient (Wildman–Crippen LogP) is 1.54. The fraction of sp³-hybridized carbons (Fsp3) is 0.667. The molecule has 0 fully saturated rings. The van der Waals surface area contributed by atoms with Crippen LogP contribution in [0.15, 0.2) is 4.79 Å². The molecule has 4 nitrogen and oxygen atoms in total. The van der Waals surface area contributed by atoms with Crippen molar-refractivity contribution >= 4 is 25.6 Å². The number of aromatic nitrogens is 3. The largest absolute Gasteiger partial charge is 0.297 e. The lowest BCUT2D eigenvalue weighted by Crippen LogP contribution is -2.56. The molecule has 0 aliphatic carbocycles. The van der Waals surface area contributed by atoms with E-state index in [-0.39, 0.29) is 5.56 Å². The van der Waals surface area contributed by atoms with Gasteiger partial charge in [0.25, 0.3) is 5.56 Å². The topological polar surface area (TPSA) is 61.5 Å². The van der Waals surface area contributed by atoms with Gasteiger partial charge in [0, 0.05) is 0 Å². The fourth-order valence-corrected chi connectivity index (χ4v) is 5.44. The maximum Gasteiger partial charge on any atom is 0.269 e. The predicted molar refractivity (Wildman–Crippen MR) is 66.9 cm³/mol. The highest BCUT2D eigenvalue weighted by Crippen LogP contribution is 2.17. The van der Waals surface area contributed by atoms with Crippen LogP contribution >= 0.6 is 12.2 Å². The van der Waals surface area contributed by atoms with Gasteiger partial charge in [0.2, 0.25) is 0 Å². The van der Waals surface area contributed by atoms with E-state index in [1.165, 1.54) is 0 Å². The molecule has 0 aliphatic heterocycles. The van der Waals surface area contributed by atoms with E-state index in [0.29, 0.717) is 10.1 Å². The van der Waals surface area contributed by atoms with Gasteiger partial charge >= 0.3 is 0 Å². The second-order valence-corrected chi connectivity index (χ2v) is 9.26. The Bertz CT molecular complexity index is 427. The van der Waals surface area contributed by atoms with Gasteiger partial charge in [-0.15, -0.1) is 0 Å². The first-order valence-electron chi connectivity index (χ1n) is 5.29. The zero-order valence-electron chi connectivity index (χ0n) is 9.39. The van der Waals surface area contributed by atoms with Crippen LogP contribution in [0.5, 0.6) is 0 Å². The van der Waals surface area contributed by atoms with E-state index < -0.39 is 8.07 Å². The quantitative estimate of drug-likeness (QED) is 0.623. The van der Waals surface area contributed by atoms with Gasteiger partial charge in [-0.3, -0.25) is 14.9 Å². The van der Waals surface area contributed by atoms with Crippen molar-refractivity contribution in [2.75, 3.05) is 0 Å². The number of nitrogens with zero attached hydrogens (tertiary/aromatic N) is 1. The Balaban J connectivity index is 3.35. The van der Waals surface area contributed by atoms with Crippen molar-refractivity contribution in [2.24, 2.45) is 0 Å². The van der Waals surface area contributed by atoms with Crippen molar-refractivity contribution in [2.45, 2.75) is 38.9 Å². The van der Waals surface area contributed by atoms with Crippen LogP contribution in [0.4, 0.5) is 0 Å². The fourth-order valence-electron chi connectivity index (χ4n) is 1.96. The Labute approximate surface area is 95.1 Å². The molecule has 0 amide bonds. The Morgan fingerprint density at radius 1 is 1.27 bits per heavy atom. The summed E-state index contributed by atoms with van der Waals surface area (Å²) in [5.74, 6) is 0. The summed E-state index contributed by atoms with van der Waals surface area (Å²) in [6.45, 7) is 6.42. The lowest BCUT2D eigenvalue weighted by atomic mass is 10.8. The first-order chi connectivity index (χ1) is 7.09. The number of nitrogens with one attached hydrogen (secondary N) is 2. The third kappa shape index (κ3) is 2.26. The van der Waals surface area contributed by atoms with E-state index in [1.807, 2.05) is 0 Å². The first kappa shape index (κ1) is 12.3. The van der Waals surface area contributed by atoms with Crippen LogP contribution in [-0.2, 0) is 0 Å². The van der Waals surface area contributed by atoms with Crippen LogP contribution in [0.25, 0.3) is 0 Å². The molecule has 0 unspecified atom stereocenters. The molecule has 0 bridgehead atoms. The van der Waals surface area contributed by atoms with E-state index in [0.717, 1.165) is 18.1 Å². The molecular weight excluding hydrogens is 226 g/mol. The van der Waals surface area contributed by atoms with Crippen molar-refractivity contribution < 1.29 is 0 Å². The molecule has 1 aromatic rings. The number of H-pyrrole nitrogens is 2. The summed E-state index contributed by atoms with van der Waals surface area (Å²) in [5, 5.41) is 7.56. The van der Waals surface area contributed by atoms with Crippen molar-refractivity contribution in [1.29, 1.82) is 0 Å². The third-order valence-corrected chi connectivity index (χ3v) is 8.84. The maximum absolute atomic E-state index is 11.8. The van der Waals surface area contributed by atoms with Crippen LogP contribution in [0.2, 0.25) is 18.1 Å². The maximum atomic E-state index is 11.8. The molecular formula is C9H17N3OSSi. The van der Waals surface area contributed by atoms with Gasteiger partial charge in [0.1, 0.15) is 13.4 Å². The molecule has 0 aromatic carbocycles. The molecule has 2 N–H and O–H groups in total. The van der Waals surface area contributed by atoms with Crippen LogP contribution in [-0.4, -0.2) is 23.3 Å². The van der Waals surface area contributed by atoms with E-state index in [9.17, 15) is 4.79 Å². The van der Waals surface area contributed by atoms with Crippen LogP contribution in [0.3, 0.4) is 0 Å². The van der Waals surface area contributed by atoms with Gasteiger partial charge in [-0.1, -0.05) is 38.9 Å². The summed E-state index contributed by atoms with van der Waals surface area (Å²) in [4.78, 5) is 14.4. The first-order valence-corrected chi connectivity index (χ1v) is 8.32. The van der Waals surface area contributed by atoms with Gasteiger partial charge in [0.15, 0.2) is 4.77 Å². The monoisotopic (exact) mass is 243 g/mol. The molecule has 0 spiro atoms. The van der Waals surface area contributed by atoms with E-state index >= 15 is 0 Å². The smallest absolute Gasteiger partial charge is 0.269 e. The zero-order valence-corrected chi connectivity index (χ0v) is 11.2. The van der Waals surface area contributed by atoms with Crippen molar-refractivity contribution in [3.8, 4) is 0 Å². The van der Waals surface area contributed by atoms with Crippen LogP contribution in [0, 0.1) is 4.77 Å². The molecule has 6 heteroatoms. The van der Waals surface area contributed by atoms with Crippen molar-refractivity contribution in [3.05, 3.63) is 15.1 Å². The molecule has 1 rings (SSSR count). The molecule has 84 valence electrons. The standard InChI is InChI=1S/C9H17N3OSSi/c1-4-15(5-2,6-3)8-7(13)10-9(14)12-11-8/h4-6H2,1-3H3,(H2,10,12,13,14). The molecule has 1 heterocycles. The summed E-state index contributed by atoms with van der Waals surface area (Å²) >= 11 is 4.83. The average Bonchev–Trinajstić information content (AvgIpc) is 2.23. The number of aromatic amines is 2. The highest BCUT2D eigenvalue weighted by molar-refractivity contribution is 7.71. The summed E-state index contributed by atoms with van der Waals surface area (Å²) in [7, 11) is -1.69. The van der Waals surface area contributed by atoms with Crippen LogP contribution < -0.4 is 10.9 Å². The van der Waals surface area contributed by atoms with Gasteiger partial charge in [0.05, 0.1) is 0 Å². The molecule has 0 radical (unpaired) electrons. The number of hydrogen-bond acceptors (Lipinski definition) is 3. The summed E-state index contributed by atoms with van der Waals surface area (Å²) in [5.41, 5.74) is -0.101. The second-order valence-electron chi connectivity index (χ2n) is 3.70. The Morgan fingerprint density at radius 3 is 2.20 bits per heavy atom. The minimum atomic E-state index is -1.69. The molecule has 0 saturated heterocycles. The van der Waals surface area contributed by atoms with E-state index in [1.54, 1.807) is 0 Å².